The first kappa shape index (κ1) is 24.3. The lowest BCUT2D eigenvalue weighted by atomic mass is 10.1. The number of piperazine rings is 1. The van der Waals surface area contributed by atoms with Crippen LogP contribution in [0.15, 0.2) is 12.1 Å². The van der Waals surface area contributed by atoms with Crippen molar-refractivity contribution in [2.75, 3.05) is 66.6 Å². The number of carbonyl (C=O) groups is 3. The molecule has 0 saturated carbocycles. The Bertz CT molecular complexity index is 763. The van der Waals surface area contributed by atoms with Gasteiger partial charge in [-0.05, 0) is 26.0 Å². The van der Waals surface area contributed by atoms with Crippen molar-refractivity contribution in [3.63, 3.8) is 0 Å². The summed E-state index contributed by atoms with van der Waals surface area (Å²) < 4.78 is 16.0. The maximum Gasteiger partial charge on any atom is 0.255 e. The highest BCUT2D eigenvalue weighted by molar-refractivity contribution is 5.95. The molecule has 0 bridgehead atoms. The molecule has 1 fully saturated rings. The van der Waals surface area contributed by atoms with Crippen LogP contribution in [-0.4, -0.2) is 99.1 Å². The van der Waals surface area contributed by atoms with Gasteiger partial charge < -0.3 is 29.7 Å². The van der Waals surface area contributed by atoms with Crippen molar-refractivity contribution < 1.29 is 28.6 Å². The molecule has 1 saturated heterocycles. The van der Waals surface area contributed by atoms with Crippen molar-refractivity contribution in [1.82, 2.24) is 14.7 Å². The minimum absolute atomic E-state index is 0.103. The molecule has 1 aliphatic heterocycles. The van der Waals surface area contributed by atoms with Gasteiger partial charge in [0.1, 0.15) is 0 Å². The summed E-state index contributed by atoms with van der Waals surface area (Å²) in [6, 6.07) is 3.11. The van der Waals surface area contributed by atoms with Crippen molar-refractivity contribution in [3.8, 4) is 17.2 Å². The number of nitrogens with two attached hydrogens (primary N) is 1. The molecule has 3 amide bonds. The number of methoxy groups -OCH3 is 2. The first-order chi connectivity index (χ1) is 14.8. The van der Waals surface area contributed by atoms with Crippen molar-refractivity contribution in [1.29, 1.82) is 0 Å². The standard InChI is InChI=1S/C21H32N4O6/c1-5-24(6-2)19(27)13-23-7-9-25(10-8-23)21(28)15-11-16(29-3)20(17(12-15)30-4)31-14-18(22)26/h11-12H,5-10,13-14H2,1-4H3,(H2,22,26). The predicted octanol–water partition coefficient (Wildman–Crippen LogP) is 0.194. The van der Waals surface area contributed by atoms with E-state index in [4.69, 9.17) is 19.9 Å². The number of benzene rings is 1. The summed E-state index contributed by atoms with van der Waals surface area (Å²) in [4.78, 5) is 42.0. The second-order valence-corrected chi connectivity index (χ2v) is 7.10. The van der Waals surface area contributed by atoms with Gasteiger partial charge >= 0.3 is 0 Å². The third kappa shape index (κ3) is 6.24. The molecule has 2 rings (SSSR count). The molecule has 2 N–H and O–H groups in total. The third-order valence-corrected chi connectivity index (χ3v) is 5.20. The van der Waals surface area contributed by atoms with Crippen LogP contribution in [-0.2, 0) is 9.59 Å². The fourth-order valence-corrected chi connectivity index (χ4v) is 3.45. The lowest BCUT2D eigenvalue weighted by Crippen LogP contribution is -2.51. The Kier molecular flexibility index (Phi) is 8.92. The number of ether oxygens (including phenoxy) is 3. The molecule has 31 heavy (non-hydrogen) atoms. The van der Waals surface area contributed by atoms with Gasteiger partial charge in [-0.3, -0.25) is 19.3 Å². The maximum absolute atomic E-state index is 13.0. The van der Waals surface area contributed by atoms with Crippen molar-refractivity contribution in [3.05, 3.63) is 17.7 Å². The zero-order valence-electron chi connectivity index (χ0n) is 18.7. The first-order valence-corrected chi connectivity index (χ1v) is 10.3. The van der Waals surface area contributed by atoms with Crippen molar-refractivity contribution in [2.45, 2.75) is 13.8 Å². The summed E-state index contributed by atoms with van der Waals surface area (Å²) in [7, 11) is 2.87. The smallest absolute Gasteiger partial charge is 0.255 e. The van der Waals surface area contributed by atoms with Gasteiger partial charge in [-0.1, -0.05) is 0 Å². The number of carbonyl (C=O) groups excluding carboxylic acids is 3. The van der Waals surface area contributed by atoms with Crippen LogP contribution in [0.1, 0.15) is 24.2 Å². The zero-order valence-corrected chi connectivity index (χ0v) is 18.7. The highest BCUT2D eigenvalue weighted by Gasteiger charge is 2.26. The minimum Gasteiger partial charge on any atom is -0.493 e. The molecule has 0 unspecified atom stereocenters. The summed E-state index contributed by atoms with van der Waals surface area (Å²) in [5.41, 5.74) is 5.52. The van der Waals surface area contributed by atoms with Gasteiger partial charge in [0.15, 0.2) is 18.1 Å². The summed E-state index contributed by atoms with van der Waals surface area (Å²) in [5, 5.41) is 0. The average molecular weight is 437 g/mol. The Balaban J connectivity index is 2.07. The number of primary amides is 1. The van der Waals surface area contributed by atoms with Crippen LogP contribution >= 0.6 is 0 Å². The maximum atomic E-state index is 13.0. The molecule has 10 nitrogen and oxygen atoms in total. The fraction of sp³-hybridized carbons (Fsp3) is 0.571. The topological polar surface area (TPSA) is 115 Å². The Morgan fingerprint density at radius 3 is 2.00 bits per heavy atom. The Hall–Kier alpha value is -3.01. The van der Waals surface area contributed by atoms with E-state index in [-0.39, 0.29) is 35.7 Å². The third-order valence-electron chi connectivity index (χ3n) is 5.20. The summed E-state index contributed by atoms with van der Waals surface area (Å²) in [6.45, 7) is 7.58. The Labute approximate surface area is 182 Å². The molecule has 1 aromatic rings. The van der Waals surface area contributed by atoms with Crippen LogP contribution < -0.4 is 19.9 Å². The van der Waals surface area contributed by atoms with Gasteiger partial charge in [-0.25, -0.2) is 0 Å². The molecule has 0 atom stereocenters. The normalized spacial score (nSPS) is 14.1. The second-order valence-electron chi connectivity index (χ2n) is 7.10. The number of likely N-dealkylation sites (N-methyl/N-ethyl adjacent to an activating group) is 1. The number of amides is 3. The van der Waals surface area contributed by atoms with Gasteiger partial charge in [0, 0.05) is 44.8 Å². The highest BCUT2D eigenvalue weighted by Crippen LogP contribution is 2.38. The van der Waals surface area contributed by atoms with E-state index < -0.39 is 5.91 Å². The monoisotopic (exact) mass is 436 g/mol. The Morgan fingerprint density at radius 2 is 1.55 bits per heavy atom. The molecule has 0 radical (unpaired) electrons. The quantitative estimate of drug-likeness (QED) is 0.557. The second kappa shape index (κ2) is 11.4. The minimum atomic E-state index is -0.637. The molecule has 0 spiro atoms. The van der Waals surface area contributed by atoms with E-state index in [1.54, 1.807) is 21.9 Å². The summed E-state index contributed by atoms with van der Waals surface area (Å²) in [6.07, 6.45) is 0. The van der Waals surface area contributed by atoms with Crippen molar-refractivity contribution >= 4 is 17.7 Å². The van der Waals surface area contributed by atoms with Gasteiger partial charge in [-0.15, -0.1) is 0 Å². The van der Waals surface area contributed by atoms with Crippen LogP contribution in [0, 0.1) is 0 Å². The van der Waals surface area contributed by atoms with E-state index >= 15 is 0 Å². The van der Waals surface area contributed by atoms with Crippen LogP contribution in [0.5, 0.6) is 17.2 Å². The zero-order chi connectivity index (χ0) is 23.0. The van der Waals surface area contributed by atoms with Gasteiger partial charge in [-0.2, -0.15) is 0 Å². The molecule has 1 heterocycles. The molecular formula is C21H32N4O6. The van der Waals surface area contributed by atoms with E-state index in [0.717, 1.165) is 0 Å². The van der Waals surface area contributed by atoms with E-state index in [0.29, 0.717) is 51.4 Å². The van der Waals surface area contributed by atoms with Crippen LogP contribution in [0.2, 0.25) is 0 Å². The molecule has 10 heteroatoms. The van der Waals surface area contributed by atoms with Gasteiger partial charge in [0.25, 0.3) is 11.8 Å². The Morgan fingerprint density at radius 1 is 1.00 bits per heavy atom. The van der Waals surface area contributed by atoms with Crippen LogP contribution in [0.3, 0.4) is 0 Å². The van der Waals surface area contributed by atoms with E-state index in [9.17, 15) is 14.4 Å². The number of hydrogen-bond donors (Lipinski definition) is 1. The van der Waals surface area contributed by atoms with E-state index in [2.05, 4.69) is 4.90 Å². The van der Waals surface area contributed by atoms with Crippen LogP contribution in [0.4, 0.5) is 0 Å². The number of rotatable bonds is 10. The number of nitrogens with zero attached hydrogens (tertiary/aromatic N) is 3. The molecule has 1 aromatic carbocycles. The SMILES string of the molecule is CCN(CC)C(=O)CN1CCN(C(=O)c2cc(OC)c(OCC(N)=O)c(OC)c2)CC1. The fourth-order valence-electron chi connectivity index (χ4n) is 3.45. The summed E-state index contributed by atoms with van der Waals surface area (Å²) in [5.74, 6) is 0.0417. The molecular weight excluding hydrogens is 404 g/mol. The molecule has 1 aliphatic rings. The van der Waals surface area contributed by atoms with E-state index in [1.807, 2.05) is 13.8 Å². The van der Waals surface area contributed by atoms with Crippen LogP contribution in [0.25, 0.3) is 0 Å². The molecule has 0 aliphatic carbocycles. The average Bonchev–Trinajstić information content (AvgIpc) is 2.77. The largest absolute Gasteiger partial charge is 0.493 e. The van der Waals surface area contributed by atoms with Crippen molar-refractivity contribution in [2.24, 2.45) is 5.73 Å². The lowest BCUT2D eigenvalue weighted by molar-refractivity contribution is -0.132. The van der Waals surface area contributed by atoms with Gasteiger partial charge in [0.2, 0.25) is 11.7 Å². The molecule has 172 valence electrons. The molecule has 0 aromatic heterocycles. The summed E-state index contributed by atoms with van der Waals surface area (Å²) >= 11 is 0. The predicted molar refractivity (Wildman–Crippen MR) is 115 cm³/mol. The van der Waals surface area contributed by atoms with Gasteiger partial charge in [0.05, 0.1) is 20.8 Å². The lowest BCUT2D eigenvalue weighted by Gasteiger charge is -2.35. The first-order valence-electron chi connectivity index (χ1n) is 10.3. The highest BCUT2D eigenvalue weighted by atomic mass is 16.5. The van der Waals surface area contributed by atoms with E-state index in [1.165, 1.54) is 14.2 Å². The number of hydrogen-bond acceptors (Lipinski definition) is 7.